The molecule has 0 radical (unpaired) electrons. The molecule has 0 saturated heterocycles. The lowest BCUT2D eigenvalue weighted by atomic mass is 10.3. The van der Waals surface area contributed by atoms with E-state index in [0.29, 0.717) is 12.6 Å². The van der Waals surface area contributed by atoms with Crippen molar-refractivity contribution in [3.63, 3.8) is 0 Å². The van der Waals surface area contributed by atoms with Crippen molar-refractivity contribution < 1.29 is 9.90 Å². The minimum atomic E-state index is -0.327. The van der Waals surface area contributed by atoms with E-state index in [1.54, 1.807) is 6.07 Å². The number of aromatic nitrogens is 1. The minimum absolute atomic E-state index is 0.0828. The van der Waals surface area contributed by atoms with Crippen LogP contribution in [0.25, 0.3) is 0 Å². The van der Waals surface area contributed by atoms with E-state index in [1.165, 1.54) is 25.1 Å². The fraction of sp³-hybridized carbons (Fsp3) is 0.500. The number of pyridine rings is 1. The third-order valence-electron chi connectivity index (χ3n) is 2.92. The molecule has 92 valence electrons. The smallest absolute Gasteiger partial charge is 0.273 e. The minimum Gasteiger partial charge on any atom is -0.505 e. The van der Waals surface area contributed by atoms with Crippen LogP contribution in [0.3, 0.4) is 0 Å². The van der Waals surface area contributed by atoms with Crippen LogP contribution in [-0.4, -0.2) is 47.1 Å². The molecule has 1 amide bonds. The van der Waals surface area contributed by atoms with Gasteiger partial charge in [-0.15, -0.1) is 0 Å². The second kappa shape index (κ2) is 5.14. The first-order valence-electron chi connectivity index (χ1n) is 5.81. The van der Waals surface area contributed by atoms with Gasteiger partial charge in [-0.25, -0.2) is 4.98 Å². The number of carbonyl (C=O) groups is 1. The molecule has 0 spiro atoms. The SMILES string of the molecule is CN(CCNC(=O)c1ncccc1O)C1CC1. The van der Waals surface area contributed by atoms with E-state index < -0.39 is 0 Å². The average Bonchev–Trinajstić information content (AvgIpc) is 3.13. The summed E-state index contributed by atoms with van der Waals surface area (Å²) >= 11 is 0. The van der Waals surface area contributed by atoms with Gasteiger partial charge in [0.05, 0.1) is 0 Å². The highest BCUT2D eigenvalue weighted by molar-refractivity contribution is 5.94. The zero-order chi connectivity index (χ0) is 12.3. The van der Waals surface area contributed by atoms with Crippen molar-refractivity contribution in [2.75, 3.05) is 20.1 Å². The third kappa shape index (κ3) is 3.17. The lowest BCUT2D eigenvalue weighted by Gasteiger charge is -2.15. The van der Waals surface area contributed by atoms with Crippen LogP contribution in [0.4, 0.5) is 0 Å². The van der Waals surface area contributed by atoms with Gasteiger partial charge in [-0.2, -0.15) is 0 Å². The van der Waals surface area contributed by atoms with Gasteiger partial charge >= 0.3 is 0 Å². The van der Waals surface area contributed by atoms with Gasteiger partial charge < -0.3 is 15.3 Å². The monoisotopic (exact) mass is 235 g/mol. The van der Waals surface area contributed by atoms with Crippen LogP contribution in [0.2, 0.25) is 0 Å². The van der Waals surface area contributed by atoms with Crippen LogP contribution in [-0.2, 0) is 0 Å². The number of rotatable bonds is 5. The molecule has 1 aromatic rings. The normalized spacial score (nSPS) is 14.9. The van der Waals surface area contributed by atoms with Crippen LogP contribution < -0.4 is 5.32 Å². The second-order valence-corrected chi connectivity index (χ2v) is 4.34. The summed E-state index contributed by atoms with van der Waals surface area (Å²) in [6.07, 6.45) is 4.00. The Morgan fingerprint density at radius 1 is 1.65 bits per heavy atom. The average molecular weight is 235 g/mol. The van der Waals surface area contributed by atoms with E-state index in [4.69, 9.17) is 0 Å². The van der Waals surface area contributed by atoms with Gasteiger partial charge in [-0.1, -0.05) is 0 Å². The lowest BCUT2D eigenvalue weighted by Crippen LogP contribution is -2.34. The molecule has 1 saturated carbocycles. The number of carbonyl (C=O) groups excluding carboxylic acids is 1. The van der Waals surface area contributed by atoms with Gasteiger partial charge in [0.1, 0.15) is 5.75 Å². The topological polar surface area (TPSA) is 65.5 Å². The molecule has 5 heteroatoms. The Labute approximate surface area is 100 Å². The molecule has 0 bridgehead atoms. The van der Waals surface area contributed by atoms with Gasteiger partial charge in [0.25, 0.3) is 5.91 Å². The van der Waals surface area contributed by atoms with Crippen molar-refractivity contribution in [1.29, 1.82) is 0 Å². The summed E-state index contributed by atoms with van der Waals surface area (Å²) in [5.74, 6) is -0.409. The summed E-state index contributed by atoms with van der Waals surface area (Å²) in [4.78, 5) is 17.8. The summed E-state index contributed by atoms with van der Waals surface area (Å²) in [6, 6.07) is 3.74. The second-order valence-electron chi connectivity index (χ2n) is 4.34. The maximum absolute atomic E-state index is 11.7. The van der Waals surface area contributed by atoms with Crippen LogP contribution in [0.1, 0.15) is 23.3 Å². The predicted octanol–water partition coefficient (Wildman–Crippen LogP) is 0.611. The molecule has 1 aliphatic rings. The summed E-state index contributed by atoms with van der Waals surface area (Å²) in [7, 11) is 2.06. The molecule has 1 fully saturated rings. The van der Waals surface area contributed by atoms with E-state index >= 15 is 0 Å². The number of hydrogen-bond donors (Lipinski definition) is 2. The van der Waals surface area contributed by atoms with Gasteiger partial charge in [0.2, 0.25) is 0 Å². The van der Waals surface area contributed by atoms with Gasteiger partial charge in [-0.05, 0) is 32.0 Å². The first-order chi connectivity index (χ1) is 8.18. The van der Waals surface area contributed by atoms with Crippen molar-refractivity contribution in [3.8, 4) is 5.75 Å². The Morgan fingerprint density at radius 2 is 2.41 bits per heavy atom. The molecule has 0 aliphatic heterocycles. The van der Waals surface area contributed by atoms with Gasteiger partial charge in [0.15, 0.2) is 5.69 Å². The standard InChI is InChI=1S/C12H17N3O2/c1-15(9-4-5-9)8-7-14-12(17)11-10(16)3-2-6-13-11/h2-3,6,9,16H,4-5,7-8H2,1H3,(H,14,17). The molecule has 17 heavy (non-hydrogen) atoms. The molecule has 0 unspecified atom stereocenters. The first-order valence-corrected chi connectivity index (χ1v) is 5.81. The highest BCUT2D eigenvalue weighted by atomic mass is 16.3. The number of amides is 1. The number of nitrogens with one attached hydrogen (secondary N) is 1. The zero-order valence-corrected chi connectivity index (χ0v) is 9.89. The molecule has 0 aromatic carbocycles. The Balaban J connectivity index is 1.79. The summed E-state index contributed by atoms with van der Waals surface area (Å²) in [6.45, 7) is 1.39. The molecular weight excluding hydrogens is 218 g/mol. The number of hydrogen-bond acceptors (Lipinski definition) is 4. The highest BCUT2D eigenvalue weighted by Crippen LogP contribution is 2.24. The van der Waals surface area contributed by atoms with Crippen molar-refractivity contribution in [3.05, 3.63) is 24.0 Å². The van der Waals surface area contributed by atoms with Gasteiger partial charge in [0, 0.05) is 25.3 Å². The number of likely N-dealkylation sites (N-methyl/N-ethyl adjacent to an activating group) is 1. The van der Waals surface area contributed by atoms with Crippen LogP contribution >= 0.6 is 0 Å². The van der Waals surface area contributed by atoms with Crippen molar-refractivity contribution >= 4 is 5.91 Å². The maximum Gasteiger partial charge on any atom is 0.273 e. The molecular formula is C12H17N3O2. The van der Waals surface area contributed by atoms with Crippen LogP contribution in [0.15, 0.2) is 18.3 Å². The molecule has 0 atom stereocenters. The highest BCUT2D eigenvalue weighted by Gasteiger charge is 2.25. The predicted molar refractivity (Wildman–Crippen MR) is 63.9 cm³/mol. The zero-order valence-electron chi connectivity index (χ0n) is 9.89. The number of aromatic hydroxyl groups is 1. The van der Waals surface area contributed by atoms with E-state index in [0.717, 1.165) is 6.54 Å². The summed E-state index contributed by atoms with van der Waals surface area (Å²) < 4.78 is 0. The largest absolute Gasteiger partial charge is 0.505 e. The van der Waals surface area contributed by atoms with Crippen molar-refractivity contribution in [2.45, 2.75) is 18.9 Å². The first kappa shape index (κ1) is 11.9. The Kier molecular flexibility index (Phi) is 3.58. The van der Waals surface area contributed by atoms with Crippen LogP contribution in [0, 0.1) is 0 Å². The Bertz CT molecular complexity index is 404. The quantitative estimate of drug-likeness (QED) is 0.785. The van der Waals surface area contributed by atoms with Crippen LogP contribution in [0.5, 0.6) is 5.75 Å². The van der Waals surface area contributed by atoms with Crippen molar-refractivity contribution in [1.82, 2.24) is 15.2 Å². The summed E-state index contributed by atoms with van der Waals surface area (Å²) in [5, 5.41) is 12.2. The summed E-state index contributed by atoms with van der Waals surface area (Å²) in [5.41, 5.74) is 0.0848. The fourth-order valence-electron chi connectivity index (χ4n) is 1.70. The lowest BCUT2D eigenvalue weighted by molar-refractivity contribution is 0.0941. The molecule has 1 aliphatic carbocycles. The van der Waals surface area contributed by atoms with Gasteiger partial charge in [-0.3, -0.25) is 4.79 Å². The van der Waals surface area contributed by atoms with Crippen molar-refractivity contribution in [2.24, 2.45) is 0 Å². The van der Waals surface area contributed by atoms with E-state index in [2.05, 4.69) is 22.2 Å². The van der Waals surface area contributed by atoms with E-state index in [1.807, 2.05) is 0 Å². The molecule has 2 rings (SSSR count). The maximum atomic E-state index is 11.7. The van der Waals surface area contributed by atoms with E-state index in [9.17, 15) is 9.90 Å². The fourth-order valence-corrected chi connectivity index (χ4v) is 1.70. The molecule has 1 aromatic heterocycles. The van der Waals surface area contributed by atoms with E-state index in [-0.39, 0.29) is 17.4 Å². The molecule has 5 nitrogen and oxygen atoms in total. The Morgan fingerprint density at radius 3 is 3.06 bits per heavy atom. The molecule has 1 heterocycles. The third-order valence-corrected chi connectivity index (χ3v) is 2.92. The number of nitrogens with zero attached hydrogens (tertiary/aromatic N) is 2. The Hall–Kier alpha value is -1.62. The molecule has 2 N–H and O–H groups in total.